The highest BCUT2D eigenvalue weighted by atomic mass is 16.5. The highest BCUT2D eigenvalue weighted by molar-refractivity contribution is 5.74. The molecule has 0 aromatic heterocycles. The first-order chi connectivity index (χ1) is 26.2. The van der Waals surface area contributed by atoms with Gasteiger partial charge in [-0.25, -0.2) is 0 Å². The van der Waals surface area contributed by atoms with E-state index in [1.54, 1.807) is 0 Å². The number of carbonyl (C=O) groups excluding carboxylic acids is 2. The molecule has 0 radical (unpaired) electrons. The Morgan fingerprint density at radius 2 is 1.20 bits per heavy atom. The molecule has 1 unspecified atom stereocenters. The Kier molecular flexibility index (Phi) is 11.1. The molecule has 0 heterocycles. The lowest BCUT2D eigenvalue weighted by Crippen LogP contribution is -2.67. The number of fused-ring (bicyclic) bond motifs is 7. The molecular formula is C48H76O8. The Balaban J connectivity index is 1.07. The zero-order chi connectivity index (χ0) is 40.5. The molecule has 2 N–H and O–H groups in total. The van der Waals surface area contributed by atoms with Gasteiger partial charge in [-0.1, -0.05) is 74.1 Å². The predicted molar refractivity (Wildman–Crippen MR) is 215 cm³/mol. The second-order valence-electron chi connectivity index (χ2n) is 22.9. The van der Waals surface area contributed by atoms with Gasteiger partial charge in [0.05, 0.1) is 32.3 Å². The third kappa shape index (κ3) is 6.96. The number of hydrogen-bond donors (Lipinski definition) is 2. The topological polar surface area (TPSA) is 127 Å². The molecule has 7 saturated carbocycles. The molecule has 8 heteroatoms. The number of carbonyl (C=O) groups is 4. The monoisotopic (exact) mass is 781 g/mol. The van der Waals surface area contributed by atoms with Crippen molar-refractivity contribution in [3.8, 4) is 0 Å². The van der Waals surface area contributed by atoms with Crippen LogP contribution < -0.4 is 0 Å². The maximum atomic E-state index is 13.6. The second-order valence-corrected chi connectivity index (χ2v) is 22.9. The molecule has 0 bridgehead atoms. The number of carboxylic acids is 2. The van der Waals surface area contributed by atoms with Crippen molar-refractivity contribution < 1.29 is 38.9 Å². The number of hydrogen-bond acceptors (Lipinski definition) is 6. The van der Waals surface area contributed by atoms with Crippen molar-refractivity contribution in [2.24, 2.45) is 73.4 Å². The molecule has 56 heavy (non-hydrogen) atoms. The van der Waals surface area contributed by atoms with Gasteiger partial charge in [0.2, 0.25) is 0 Å². The lowest BCUT2D eigenvalue weighted by atomic mass is 9.32. The van der Waals surface area contributed by atoms with Crippen LogP contribution >= 0.6 is 0 Å². The summed E-state index contributed by atoms with van der Waals surface area (Å²) >= 11 is 0. The van der Waals surface area contributed by atoms with Crippen LogP contribution in [0.25, 0.3) is 0 Å². The first kappa shape index (κ1) is 42.0. The molecule has 0 aromatic carbocycles. The zero-order valence-corrected chi connectivity index (χ0v) is 36.1. The van der Waals surface area contributed by atoms with E-state index in [0.29, 0.717) is 42.1 Å². The van der Waals surface area contributed by atoms with Crippen molar-refractivity contribution in [2.45, 2.75) is 196 Å². The van der Waals surface area contributed by atoms with Gasteiger partial charge >= 0.3 is 23.9 Å². The second kappa shape index (κ2) is 14.9. The summed E-state index contributed by atoms with van der Waals surface area (Å²) in [5.74, 6) is 1.31. The molecular weight excluding hydrogens is 705 g/mol. The lowest BCUT2D eigenvalue weighted by molar-refractivity contribution is -0.254. The van der Waals surface area contributed by atoms with Crippen molar-refractivity contribution >= 4 is 23.9 Å². The molecule has 0 aromatic rings. The molecule has 8 nitrogen and oxygen atoms in total. The summed E-state index contributed by atoms with van der Waals surface area (Å²) in [5.41, 5.74) is -0.554. The Hall–Kier alpha value is -2.12. The minimum absolute atomic E-state index is 0.000180. The molecule has 0 amide bonds. The average Bonchev–Trinajstić information content (AvgIpc) is 3.84. The Morgan fingerprint density at radius 3 is 1.77 bits per heavy atom. The largest absolute Gasteiger partial charge is 0.481 e. The van der Waals surface area contributed by atoms with Crippen LogP contribution in [0, 0.1) is 73.4 Å². The highest BCUT2D eigenvalue weighted by Gasteiger charge is 2.71. The summed E-state index contributed by atoms with van der Waals surface area (Å²) in [6, 6.07) is 0. The fraction of sp³-hybridized carbons (Fsp3) is 0.917. The number of ether oxygens (including phenoxy) is 2. The van der Waals surface area contributed by atoms with Gasteiger partial charge in [0.25, 0.3) is 0 Å². The molecule has 7 fully saturated rings. The van der Waals surface area contributed by atoms with Crippen molar-refractivity contribution in [1.29, 1.82) is 0 Å². The average molecular weight is 781 g/mol. The summed E-state index contributed by atoms with van der Waals surface area (Å²) in [7, 11) is 0. The normalized spacial score (nSPS) is 41.9. The first-order valence-corrected chi connectivity index (χ1v) is 23.0. The van der Waals surface area contributed by atoms with Gasteiger partial charge in [-0.15, -0.1) is 0 Å². The van der Waals surface area contributed by atoms with Gasteiger partial charge < -0.3 is 19.7 Å². The van der Waals surface area contributed by atoms with Gasteiger partial charge in [0, 0.05) is 10.8 Å². The van der Waals surface area contributed by atoms with E-state index >= 15 is 0 Å². The van der Waals surface area contributed by atoms with Gasteiger partial charge in [0.15, 0.2) is 0 Å². The van der Waals surface area contributed by atoms with Crippen LogP contribution in [0.3, 0.4) is 0 Å². The molecule has 0 aliphatic heterocycles. The van der Waals surface area contributed by atoms with Gasteiger partial charge in [-0.05, 0) is 152 Å². The Bertz CT molecular complexity index is 1520. The fourth-order valence-corrected chi connectivity index (χ4v) is 16.8. The van der Waals surface area contributed by atoms with E-state index in [4.69, 9.17) is 9.47 Å². The van der Waals surface area contributed by atoms with E-state index in [9.17, 15) is 29.4 Å². The number of carboxylic acid groups (broad SMARTS) is 2. The van der Waals surface area contributed by atoms with Crippen LogP contribution in [-0.4, -0.2) is 46.8 Å². The van der Waals surface area contributed by atoms with Crippen LogP contribution in [0.5, 0.6) is 0 Å². The van der Waals surface area contributed by atoms with Crippen LogP contribution in [0.2, 0.25) is 0 Å². The van der Waals surface area contributed by atoms with E-state index in [1.807, 2.05) is 0 Å². The molecule has 7 aliphatic rings. The Morgan fingerprint density at radius 1 is 0.607 bits per heavy atom. The van der Waals surface area contributed by atoms with Crippen molar-refractivity contribution in [3.05, 3.63) is 0 Å². The molecule has 316 valence electrons. The Labute approximate surface area is 337 Å². The van der Waals surface area contributed by atoms with E-state index < -0.39 is 22.8 Å². The minimum Gasteiger partial charge on any atom is -0.481 e. The number of esters is 2. The fourth-order valence-electron chi connectivity index (χ4n) is 16.8. The van der Waals surface area contributed by atoms with E-state index in [1.165, 1.54) is 25.7 Å². The maximum Gasteiger partial charge on any atom is 0.306 e. The van der Waals surface area contributed by atoms with E-state index in [2.05, 4.69) is 48.5 Å². The van der Waals surface area contributed by atoms with Gasteiger partial charge in [0.1, 0.15) is 6.10 Å². The van der Waals surface area contributed by atoms with Crippen LogP contribution in [0.1, 0.15) is 190 Å². The lowest BCUT2D eigenvalue weighted by Gasteiger charge is -2.73. The van der Waals surface area contributed by atoms with Gasteiger partial charge in [-0.2, -0.15) is 0 Å². The van der Waals surface area contributed by atoms with Gasteiger partial charge in [-0.3, -0.25) is 19.2 Å². The van der Waals surface area contributed by atoms with Crippen molar-refractivity contribution in [2.75, 3.05) is 6.61 Å². The third-order valence-electron chi connectivity index (χ3n) is 19.7. The molecule has 0 saturated heterocycles. The number of rotatable bonds is 12. The standard InChI is InChI=1S/C48H76O8/c1-31(2)32-14-23-48(30-55-39(53)28-46(26-37(49)50)17-8-9-18-46)25-24-44(6)33(41(32)48)12-13-35-43(5)21-16-36(42(3,4)34(43)15-22-45(35,44)7)56-40(54)29-47(27-38(51)52)19-10-11-20-47/h31-36,41H,8-30H2,1-7H3,(H,49,50)(H,51,52)/t32-,33+,34-,35+,36?,41+,43-,44+,45+,48+/m0/s1. The van der Waals surface area contributed by atoms with Crippen LogP contribution in [0.15, 0.2) is 0 Å². The van der Waals surface area contributed by atoms with Crippen LogP contribution in [-0.2, 0) is 28.7 Å². The molecule has 7 aliphatic carbocycles. The smallest absolute Gasteiger partial charge is 0.306 e. The third-order valence-corrected chi connectivity index (χ3v) is 19.7. The summed E-state index contributed by atoms with van der Waals surface area (Å²) in [6.45, 7) is 17.9. The number of aliphatic carboxylic acids is 2. The SMILES string of the molecule is CC(C)[C@@H]1CC[C@]2(COC(=O)CC3(CC(=O)O)CCCC3)CC[C@]3(C)[C@H](CC[C@@H]4[C@@]5(C)CCC(OC(=O)CC6(CC(=O)O)CCCC6)C(C)(C)[C@@H]5CC[C@]43C)[C@@H]12. The summed E-state index contributed by atoms with van der Waals surface area (Å²) < 4.78 is 12.8. The summed E-state index contributed by atoms with van der Waals surface area (Å²) in [4.78, 5) is 50.7. The zero-order valence-electron chi connectivity index (χ0n) is 36.1. The maximum absolute atomic E-state index is 13.6. The molecule has 0 spiro atoms. The quantitative estimate of drug-likeness (QED) is 0.187. The van der Waals surface area contributed by atoms with Crippen molar-refractivity contribution in [3.63, 3.8) is 0 Å². The molecule has 10 atom stereocenters. The molecule has 7 rings (SSSR count). The summed E-state index contributed by atoms with van der Waals surface area (Å²) in [6.07, 6.45) is 18.8. The predicted octanol–water partition coefficient (Wildman–Crippen LogP) is 11.0. The first-order valence-electron chi connectivity index (χ1n) is 23.0. The van der Waals surface area contributed by atoms with E-state index in [0.717, 1.165) is 89.9 Å². The van der Waals surface area contributed by atoms with E-state index in [-0.39, 0.29) is 70.8 Å². The van der Waals surface area contributed by atoms with Crippen LogP contribution in [0.4, 0.5) is 0 Å². The minimum atomic E-state index is -0.816. The summed E-state index contributed by atoms with van der Waals surface area (Å²) in [5, 5.41) is 19.3. The highest BCUT2D eigenvalue weighted by Crippen LogP contribution is 2.77. The van der Waals surface area contributed by atoms with Crippen molar-refractivity contribution in [1.82, 2.24) is 0 Å².